The van der Waals surface area contributed by atoms with Gasteiger partial charge in [-0.25, -0.2) is 0 Å². The Labute approximate surface area is 152 Å². The van der Waals surface area contributed by atoms with Crippen LogP contribution in [0, 0.1) is 17.2 Å². The first kappa shape index (κ1) is 20.2. The van der Waals surface area contributed by atoms with E-state index in [-0.39, 0.29) is 31.6 Å². The topological polar surface area (TPSA) is 99.5 Å². The van der Waals surface area contributed by atoms with Crippen molar-refractivity contribution in [2.24, 2.45) is 5.92 Å². The van der Waals surface area contributed by atoms with Crippen molar-refractivity contribution in [1.82, 2.24) is 5.32 Å². The normalized spacial score (nSPS) is 16.7. The fraction of sp³-hybridized carbons (Fsp3) is 0.412. The Balaban J connectivity index is 1.94. The van der Waals surface area contributed by atoms with E-state index in [1.54, 1.807) is 0 Å². The van der Waals surface area contributed by atoms with Gasteiger partial charge in [-0.1, -0.05) is 6.07 Å². The van der Waals surface area contributed by atoms with Crippen molar-refractivity contribution in [3.8, 4) is 6.07 Å². The Morgan fingerprint density at radius 2 is 2.11 bits per heavy atom. The van der Waals surface area contributed by atoms with E-state index in [1.165, 1.54) is 12.1 Å². The molecular formula is C17H16F3N3O4. The number of nitriles is 1. The lowest BCUT2D eigenvalue weighted by Gasteiger charge is -2.18. The number of amides is 2. The summed E-state index contributed by atoms with van der Waals surface area (Å²) in [7, 11) is 0. The molecule has 1 aliphatic rings. The van der Waals surface area contributed by atoms with Gasteiger partial charge < -0.3 is 15.0 Å². The van der Waals surface area contributed by atoms with E-state index >= 15 is 0 Å². The molecule has 1 aliphatic heterocycles. The van der Waals surface area contributed by atoms with Crippen LogP contribution in [0.15, 0.2) is 24.3 Å². The fourth-order valence-corrected chi connectivity index (χ4v) is 2.53. The average Bonchev–Trinajstić information content (AvgIpc) is 3.01. The molecule has 0 unspecified atom stereocenters. The Morgan fingerprint density at radius 1 is 1.37 bits per heavy atom. The van der Waals surface area contributed by atoms with E-state index in [1.807, 2.05) is 6.07 Å². The minimum Gasteiger partial charge on any atom is -0.455 e. The Morgan fingerprint density at radius 3 is 2.78 bits per heavy atom. The number of carbonyl (C=O) groups excluding carboxylic acids is 3. The molecular weight excluding hydrogens is 367 g/mol. The third-order valence-corrected chi connectivity index (χ3v) is 3.85. The molecule has 2 amide bonds. The zero-order chi connectivity index (χ0) is 20.0. The molecule has 144 valence electrons. The summed E-state index contributed by atoms with van der Waals surface area (Å²) in [6.07, 6.45) is -4.65. The number of ether oxygens (including phenoxy) is 1. The second-order valence-corrected chi connectivity index (χ2v) is 5.82. The number of alkyl halides is 3. The smallest absolute Gasteiger partial charge is 0.416 e. The maximum Gasteiger partial charge on any atom is 0.416 e. The third kappa shape index (κ3) is 5.44. The Bertz CT molecular complexity index is 773. The summed E-state index contributed by atoms with van der Waals surface area (Å²) in [5.74, 6) is -2.75. The molecule has 1 heterocycles. The quantitative estimate of drug-likeness (QED) is 0.595. The maximum atomic E-state index is 12.8. The minimum absolute atomic E-state index is 0.0411. The molecule has 0 bridgehead atoms. The number of anilines is 1. The highest BCUT2D eigenvalue weighted by Gasteiger charge is 2.37. The highest BCUT2D eigenvalue weighted by molar-refractivity contribution is 5.99. The molecule has 1 aromatic rings. The summed E-state index contributed by atoms with van der Waals surface area (Å²) in [6.45, 7) is -0.564. The molecule has 10 heteroatoms. The van der Waals surface area contributed by atoms with E-state index < -0.39 is 42.0 Å². The summed E-state index contributed by atoms with van der Waals surface area (Å²) in [5.41, 5.74) is -0.854. The highest BCUT2D eigenvalue weighted by atomic mass is 19.4. The van der Waals surface area contributed by atoms with Crippen LogP contribution in [0.3, 0.4) is 0 Å². The highest BCUT2D eigenvalue weighted by Crippen LogP contribution is 2.33. The lowest BCUT2D eigenvalue weighted by atomic mass is 10.1. The van der Waals surface area contributed by atoms with Gasteiger partial charge in [0.15, 0.2) is 6.61 Å². The van der Waals surface area contributed by atoms with Crippen molar-refractivity contribution in [2.45, 2.75) is 19.0 Å². The molecule has 0 aromatic heterocycles. The number of hydrogen-bond donors (Lipinski definition) is 1. The van der Waals surface area contributed by atoms with E-state index in [4.69, 9.17) is 10.00 Å². The van der Waals surface area contributed by atoms with Crippen molar-refractivity contribution in [1.29, 1.82) is 5.26 Å². The van der Waals surface area contributed by atoms with Gasteiger partial charge in [0.05, 0.1) is 24.0 Å². The van der Waals surface area contributed by atoms with Gasteiger partial charge >= 0.3 is 12.1 Å². The number of esters is 1. The number of nitrogens with one attached hydrogen (secondary N) is 1. The molecule has 27 heavy (non-hydrogen) atoms. The van der Waals surface area contributed by atoms with Gasteiger partial charge in [0.25, 0.3) is 5.91 Å². The molecule has 1 N–H and O–H groups in total. The zero-order valence-corrected chi connectivity index (χ0v) is 14.1. The molecule has 0 spiro atoms. The number of rotatable bonds is 6. The van der Waals surface area contributed by atoms with Crippen LogP contribution in [-0.2, 0) is 25.3 Å². The van der Waals surface area contributed by atoms with Crippen molar-refractivity contribution in [3.63, 3.8) is 0 Å². The van der Waals surface area contributed by atoms with Crippen LogP contribution in [0.4, 0.5) is 18.9 Å². The number of nitrogens with zero attached hydrogens (tertiary/aromatic N) is 2. The average molecular weight is 383 g/mol. The predicted molar refractivity (Wildman–Crippen MR) is 86.1 cm³/mol. The van der Waals surface area contributed by atoms with E-state index in [0.717, 1.165) is 17.0 Å². The monoisotopic (exact) mass is 383 g/mol. The molecule has 1 fully saturated rings. The second kappa shape index (κ2) is 8.53. The van der Waals surface area contributed by atoms with Crippen molar-refractivity contribution in [2.75, 3.05) is 24.6 Å². The maximum absolute atomic E-state index is 12.8. The van der Waals surface area contributed by atoms with Crippen LogP contribution in [0.1, 0.15) is 18.4 Å². The summed E-state index contributed by atoms with van der Waals surface area (Å²) in [5, 5.41) is 10.7. The first-order valence-electron chi connectivity index (χ1n) is 8.00. The van der Waals surface area contributed by atoms with Gasteiger partial charge in [-0.05, 0) is 18.2 Å². The second-order valence-electron chi connectivity index (χ2n) is 5.82. The van der Waals surface area contributed by atoms with E-state index in [0.29, 0.717) is 0 Å². The summed E-state index contributed by atoms with van der Waals surface area (Å²) in [4.78, 5) is 36.6. The van der Waals surface area contributed by atoms with Crippen LogP contribution in [0.25, 0.3) is 0 Å². The predicted octanol–water partition coefficient (Wildman–Crippen LogP) is 1.63. The molecule has 1 atom stereocenters. The SMILES string of the molecule is N#CCCNC(=O)COC(=O)[C@H]1CC(=O)N(c2cccc(C(F)(F)F)c2)C1. The minimum atomic E-state index is -4.55. The van der Waals surface area contributed by atoms with Crippen molar-refractivity contribution < 1.29 is 32.3 Å². The Hall–Kier alpha value is -3.09. The number of halogens is 3. The molecule has 2 rings (SSSR count). The molecule has 7 nitrogen and oxygen atoms in total. The van der Waals surface area contributed by atoms with Gasteiger partial charge in [-0.15, -0.1) is 0 Å². The molecule has 0 radical (unpaired) electrons. The van der Waals surface area contributed by atoms with E-state index in [9.17, 15) is 27.6 Å². The zero-order valence-electron chi connectivity index (χ0n) is 14.1. The largest absolute Gasteiger partial charge is 0.455 e. The molecule has 1 aromatic carbocycles. The number of carbonyl (C=O) groups is 3. The summed E-state index contributed by atoms with van der Waals surface area (Å²) in [6, 6.07) is 6.10. The molecule has 0 aliphatic carbocycles. The van der Waals surface area contributed by atoms with Crippen LogP contribution >= 0.6 is 0 Å². The number of hydrogen-bond acceptors (Lipinski definition) is 5. The standard InChI is InChI=1S/C17H16F3N3O4/c18-17(19,20)12-3-1-4-13(8-12)23-9-11(7-15(23)25)16(26)27-10-14(24)22-6-2-5-21/h1,3-4,8,11H,2,6-7,9-10H2,(H,22,24)/t11-/m0/s1. The number of benzene rings is 1. The van der Waals surface area contributed by atoms with Gasteiger partial charge in [0, 0.05) is 25.2 Å². The first-order valence-corrected chi connectivity index (χ1v) is 8.00. The summed E-state index contributed by atoms with van der Waals surface area (Å²) < 4.78 is 43.3. The Kier molecular flexibility index (Phi) is 6.39. The summed E-state index contributed by atoms with van der Waals surface area (Å²) >= 11 is 0. The van der Waals surface area contributed by atoms with Gasteiger partial charge in [-0.2, -0.15) is 18.4 Å². The van der Waals surface area contributed by atoms with E-state index in [2.05, 4.69) is 5.32 Å². The van der Waals surface area contributed by atoms with Crippen LogP contribution < -0.4 is 10.2 Å². The van der Waals surface area contributed by atoms with Crippen molar-refractivity contribution in [3.05, 3.63) is 29.8 Å². The van der Waals surface area contributed by atoms with Crippen molar-refractivity contribution >= 4 is 23.5 Å². The molecule has 1 saturated heterocycles. The lowest BCUT2D eigenvalue weighted by molar-refractivity contribution is -0.152. The van der Waals surface area contributed by atoms with Crippen LogP contribution in [0.5, 0.6) is 0 Å². The lowest BCUT2D eigenvalue weighted by Crippen LogP contribution is -2.31. The van der Waals surface area contributed by atoms with Gasteiger partial charge in [0.2, 0.25) is 5.91 Å². The van der Waals surface area contributed by atoms with Crippen LogP contribution in [0.2, 0.25) is 0 Å². The molecule has 0 saturated carbocycles. The first-order chi connectivity index (χ1) is 12.7. The van der Waals surface area contributed by atoms with Gasteiger partial charge in [-0.3, -0.25) is 14.4 Å². The fourth-order valence-electron chi connectivity index (χ4n) is 2.53. The third-order valence-electron chi connectivity index (χ3n) is 3.85. The van der Waals surface area contributed by atoms with Crippen LogP contribution in [-0.4, -0.2) is 37.5 Å². The van der Waals surface area contributed by atoms with Gasteiger partial charge in [0.1, 0.15) is 0 Å².